The van der Waals surface area contributed by atoms with Gasteiger partial charge in [-0.1, -0.05) is 12.1 Å². The van der Waals surface area contributed by atoms with Crippen molar-refractivity contribution in [3.8, 4) is 0 Å². The molecule has 0 radical (unpaired) electrons. The van der Waals surface area contributed by atoms with E-state index in [0.717, 1.165) is 8.66 Å². The zero-order valence-corrected chi connectivity index (χ0v) is 12.6. The summed E-state index contributed by atoms with van der Waals surface area (Å²) in [5.41, 5.74) is 3.17. The van der Waals surface area contributed by atoms with E-state index in [9.17, 15) is 4.39 Å². The molecule has 0 bridgehead atoms. The quantitative estimate of drug-likeness (QED) is 0.625. The van der Waals surface area contributed by atoms with Gasteiger partial charge in [0, 0.05) is 10.4 Å². The number of benzene rings is 1. The first-order valence-electron chi connectivity index (χ1n) is 4.78. The summed E-state index contributed by atoms with van der Waals surface area (Å²) in [6.45, 7) is 0. The van der Waals surface area contributed by atoms with E-state index in [1.807, 2.05) is 12.1 Å². The van der Waals surface area contributed by atoms with Crippen LogP contribution < -0.4 is 11.3 Å². The van der Waals surface area contributed by atoms with Gasteiger partial charge in [-0.15, -0.1) is 11.3 Å². The van der Waals surface area contributed by atoms with Gasteiger partial charge in [-0.05, 0) is 50.1 Å². The Kier molecular flexibility index (Phi) is 4.32. The van der Waals surface area contributed by atoms with Crippen molar-refractivity contribution in [2.24, 2.45) is 5.84 Å². The van der Waals surface area contributed by atoms with Gasteiger partial charge in [0.05, 0.1) is 14.3 Å². The predicted octanol–water partition coefficient (Wildman–Crippen LogP) is 3.96. The Hall–Kier alpha value is -0.270. The van der Waals surface area contributed by atoms with Crippen molar-refractivity contribution >= 4 is 43.2 Å². The van der Waals surface area contributed by atoms with Gasteiger partial charge in [-0.25, -0.2) is 9.82 Å². The summed E-state index contributed by atoms with van der Waals surface area (Å²) in [6, 6.07) is 8.66. The molecule has 6 heteroatoms. The van der Waals surface area contributed by atoms with Crippen LogP contribution in [0.2, 0.25) is 0 Å². The number of halogens is 3. The van der Waals surface area contributed by atoms with Crippen LogP contribution in [0.3, 0.4) is 0 Å². The van der Waals surface area contributed by atoms with Crippen LogP contribution in [0.4, 0.5) is 4.39 Å². The molecule has 1 unspecified atom stereocenters. The summed E-state index contributed by atoms with van der Waals surface area (Å²) < 4.78 is 15.4. The highest BCUT2D eigenvalue weighted by molar-refractivity contribution is 9.11. The normalized spacial score (nSPS) is 12.7. The molecule has 17 heavy (non-hydrogen) atoms. The average molecular weight is 380 g/mol. The minimum absolute atomic E-state index is 0.292. The third kappa shape index (κ3) is 2.77. The van der Waals surface area contributed by atoms with Gasteiger partial charge < -0.3 is 0 Å². The van der Waals surface area contributed by atoms with E-state index in [1.165, 1.54) is 11.3 Å². The van der Waals surface area contributed by atoms with Crippen LogP contribution in [0.5, 0.6) is 0 Å². The summed E-state index contributed by atoms with van der Waals surface area (Å²) in [4.78, 5) is 0.955. The zero-order valence-electron chi connectivity index (χ0n) is 8.58. The van der Waals surface area contributed by atoms with Crippen LogP contribution in [0.1, 0.15) is 16.5 Å². The molecule has 0 spiro atoms. The molecule has 0 saturated heterocycles. The standard InChI is InChI=1S/C11H9Br2FN2S/c12-7-3-1-2-6(10(7)14)11(16-15)8-4-5-9(13)17-8/h1-5,11,16H,15H2. The van der Waals surface area contributed by atoms with Crippen LogP contribution in [0, 0.1) is 5.82 Å². The lowest BCUT2D eigenvalue weighted by Crippen LogP contribution is -2.28. The molecule has 1 aromatic carbocycles. The fourth-order valence-corrected chi connectivity index (χ4v) is 3.44. The Labute approximate surface area is 119 Å². The third-order valence-electron chi connectivity index (χ3n) is 2.34. The van der Waals surface area contributed by atoms with E-state index < -0.39 is 0 Å². The lowest BCUT2D eigenvalue weighted by molar-refractivity contribution is 0.560. The number of nitrogens with two attached hydrogens (primary N) is 1. The molecule has 1 atom stereocenters. The van der Waals surface area contributed by atoms with Crippen molar-refractivity contribution in [1.82, 2.24) is 5.43 Å². The van der Waals surface area contributed by atoms with E-state index in [4.69, 9.17) is 5.84 Å². The summed E-state index contributed by atoms with van der Waals surface area (Å²) in [5.74, 6) is 5.23. The van der Waals surface area contributed by atoms with Crippen molar-refractivity contribution in [1.29, 1.82) is 0 Å². The number of nitrogens with one attached hydrogen (secondary N) is 1. The number of thiophene rings is 1. The summed E-state index contributed by atoms with van der Waals surface area (Å²) in [6.07, 6.45) is 0. The molecule has 0 saturated carbocycles. The fraction of sp³-hybridized carbons (Fsp3) is 0.0909. The molecule has 2 nitrogen and oxygen atoms in total. The topological polar surface area (TPSA) is 38.0 Å². The predicted molar refractivity (Wildman–Crippen MR) is 75.3 cm³/mol. The Balaban J connectivity index is 2.45. The van der Waals surface area contributed by atoms with Gasteiger partial charge in [-0.3, -0.25) is 5.84 Å². The first-order chi connectivity index (χ1) is 8.13. The van der Waals surface area contributed by atoms with Crippen molar-refractivity contribution in [2.45, 2.75) is 6.04 Å². The fourth-order valence-electron chi connectivity index (χ4n) is 1.55. The smallest absolute Gasteiger partial charge is 0.142 e. The maximum absolute atomic E-state index is 14.0. The number of hydrogen-bond acceptors (Lipinski definition) is 3. The third-order valence-corrected chi connectivity index (χ3v) is 4.64. The Morgan fingerprint density at radius 3 is 2.59 bits per heavy atom. The monoisotopic (exact) mass is 378 g/mol. The highest BCUT2D eigenvalue weighted by atomic mass is 79.9. The Morgan fingerprint density at radius 2 is 2.00 bits per heavy atom. The van der Waals surface area contributed by atoms with E-state index in [1.54, 1.807) is 18.2 Å². The molecule has 0 aliphatic rings. The average Bonchev–Trinajstić information content (AvgIpc) is 2.72. The summed E-state index contributed by atoms with van der Waals surface area (Å²) in [5, 5.41) is 0. The molecular weight excluding hydrogens is 371 g/mol. The second kappa shape index (κ2) is 5.58. The minimum atomic E-state index is -0.344. The molecule has 1 heterocycles. The number of hydrazine groups is 1. The maximum atomic E-state index is 14.0. The second-order valence-electron chi connectivity index (χ2n) is 3.38. The summed E-state index contributed by atoms with van der Waals surface area (Å²) >= 11 is 8.08. The van der Waals surface area contributed by atoms with Crippen LogP contribution in [0.15, 0.2) is 38.6 Å². The Bertz CT molecular complexity index is 530. The molecule has 0 aliphatic carbocycles. The zero-order chi connectivity index (χ0) is 12.4. The minimum Gasteiger partial charge on any atom is -0.271 e. The maximum Gasteiger partial charge on any atom is 0.142 e. The largest absolute Gasteiger partial charge is 0.271 e. The van der Waals surface area contributed by atoms with Gasteiger partial charge in [0.15, 0.2) is 0 Å². The van der Waals surface area contributed by atoms with E-state index >= 15 is 0 Å². The number of hydrogen-bond donors (Lipinski definition) is 2. The first kappa shape index (κ1) is 13.2. The van der Waals surface area contributed by atoms with Crippen LogP contribution in [-0.4, -0.2) is 0 Å². The van der Waals surface area contributed by atoms with E-state index in [-0.39, 0.29) is 11.9 Å². The molecule has 0 fully saturated rings. The number of rotatable bonds is 3. The highest BCUT2D eigenvalue weighted by Gasteiger charge is 2.19. The molecule has 2 aromatic rings. The second-order valence-corrected chi connectivity index (χ2v) is 6.73. The van der Waals surface area contributed by atoms with Crippen LogP contribution in [-0.2, 0) is 0 Å². The van der Waals surface area contributed by atoms with E-state index in [0.29, 0.717) is 10.0 Å². The molecule has 0 aliphatic heterocycles. The van der Waals surface area contributed by atoms with E-state index in [2.05, 4.69) is 37.3 Å². The van der Waals surface area contributed by atoms with Crippen molar-refractivity contribution < 1.29 is 4.39 Å². The molecule has 90 valence electrons. The summed E-state index contributed by atoms with van der Waals surface area (Å²) in [7, 11) is 0. The molecule has 2 rings (SSSR count). The van der Waals surface area contributed by atoms with Gasteiger partial charge in [0.25, 0.3) is 0 Å². The lowest BCUT2D eigenvalue weighted by Gasteiger charge is -2.16. The highest BCUT2D eigenvalue weighted by Crippen LogP contribution is 2.33. The van der Waals surface area contributed by atoms with Gasteiger partial charge in [0.1, 0.15) is 5.82 Å². The van der Waals surface area contributed by atoms with Crippen molar-refractivity contribution in [3.63, 3.8) is 0 Å². The SMILES string of the molecule is NNC(c1ccc(Br)s1)c1cccc(Br)c1F. The van der Waals surface area contributed by atoms with Gasteiger partial charge in [-0.2, -0.15) is 0 Å². The van der Waals surface area contributed by atoms with Crippen LogP contribution in [0.25, 0.3) is 0 Å². The first-order valence-corrected chi connectivity index (χ1v) is 7.19. The molecule has 1 aromatic heterocycles. The molecule has 3 N–H and O–H groups in total. The van der Waals surface area contributed by atoms with Gasteiger partial charge in [0.2, 0.25) is 0 Å². The lowest BCUT2D eigenvalue weighted by atomic mass is 10.1. The van der Waals surface area contributed by atoms with Gasteiger partial charge >= 0.3 is 0 Å². The molecule has 0 amide bonds. The van der Waals surface area contributed by atoms with Crippen molar-refractivity contribution in [3.05, 3.63) is 54.8 Å². The Morgan fingerprint density at radius 1 is 1.24 bits per heavy atom. The molecular formula is C11H9Br2FN2S. The van der Waals surface area contributed by atoms with Crippen LogP contribution >= 0.6 is 43.2 Å². The van der Waals surface area contributed by atoms with Crippen molar-refractivity contribution in [2.75, 3.05) is 0 Å².